The smallest absolute Gasteiger partial charge is 0.253 e. The van der Waals surface area contributed by atoms with Crippen LogP contribution >= 0.6 is 0 Å². The second-order valence-corrected chi connectivity index (χ2v) is 9.07. The molecule has 5 rings (SSSR count). The SMILES string of the molecule is COCc1nc(N2CCCN(C(=O)c3ccc(F)cc3)CC2)c2c(C)nn(-c3ccc(C)cc3)c2n1. The second kappa shape index (κ2) is 10.0. The van der Waals surface area contributed by atoms with Crippen molar-refractivity contribution in [2.24, 2.45) is 0 Å². The summed E-state index contributed by atoms with van der Waals surface area (Å²) < 4.78 is 20.5. The molecule has 0 spiro atoms. The van der Waals surface area contributed by atoms with Crippen LogP contribution < -0.4 is 4.90 Å². The molecule has 0 N–H and O–H groups in total. The number of fused-ring (bicyclic) bond motifs is 1. The predicted octanol–water partition coefficient (Wildman–Crippen LogP) is 4.07. The Labute approximate surface area is 209 Å². The molecule has 0 aliphatic carbocycles. The Morgan fingerprint density at radius 3 is 2.44 bits per heavy atom. The molecule has 4 aromatic rings. The highest BCUT2D eigenvalue weighted by atomic mass is 19.1. The third-order valence-corrected chi connectivity index (χ3v) is 6.46. The predicted molar refractivity (Wildman–Crippen MR) is 136 cm³/mol. The summed E-state index contributed by atoms with van der Waals surface area (Å²) in [4.78, 5) is 26.7. The molecule has 1 aliphatic rings. The van der Waals surface area contributed by atoms with Gasteiger partial charge in [0.1, 0.15) is 18.2 Å². The topological polar surface area (TPSA) is 76.4 Å². The average molecular weight is 489 g/mol. The summed E-state index contributed by atoms with van der Waals surface area (Å²) in [6, 6.07) is 13.9. The van der Waals surface area contributed by atoms with Gasteiger partial charge in [0, 0.05) is 38.9 Å². The number of aryl methyl sites for hydroxylation is 2. The molecular weight excluding hydrogens is 459 g/mol. The second-order valence-electron chi connectivity index (χ2n) is 9.07. The summed E-state index contributed by atoms with van der Waals surface area (Å²) in [6.07, 6.45) is 0.781. The van der Waals surface area contributed by atoms with Crippen LogP contribution in [0, 0.1) is 19.7 Å². The first-order valence-electron chi connectivity index (χ1n) is 12.1. The number of aromatic nitrogens is 4. The van der Waals surface area contributed by atoms with Gasteiger partial charge in [-0.25, -0.2) is 19.0 Å². The molecule has 1 aliphatic heterocycles. The van der Waals surface area contributed by atoms with Crippen molar-refractivity contribution >= 4 is 22.8 Å². The van der Waals surface area contributed by atoms with Gasteiger partial charge in [-0.2, -0.15) is 5.10 Å². The number of methoxy groups -OCH3 is 1. The lowest BCUT2D eigenvalue weighted by Crippen LogP contribution is -2.35. The van der Waals surface area contributed by atoms with Gasteiger partial charge < -0.3 is 14.5 Å². The van der Waals surface area contributed by atoms with Crippen molar-refractivity contribution in [2.75, 3.05) is 38.2 Å². The highest BCUT2D eigenvalue weighted by Gasteiger charge is 2.25. The minimum Gasteiger partial charge on any atom is -0.377 e. The largest absolute Gasteiger partial charge is 0.377 e. The van der Waals surface area contributed by atoms with Gasteiger partial charge in [0.25, 0.3) is 5.91 Å². The zero-order valence-electron chi connectivity index (χ0n) is 20.7. The van der Waals surface area contributed by atoms with Gasteiger partial charge in [-0.3, -0.25) is 4.79 Å². The van der Waals surface area contributed by atoms with E-state index in [-0.39, 0.29) is 18.3 Å². The lowest BCUT2D eigenvalue weighted by molar-refractivity contribution is 0.0767. The number of hydrogen-bond acceptors (Lipinski definition) is 6. The number of anilines is 1. The fraction of sp³-hybridized carbons (Fsp3) is 0.333. The van der Waals surface area contributed by atoms with Gasteiger partial charge in [0.05, 0.1) is 16.8 Å². The Morgan fingerprint density at radius 2 is 1.72 bits per heavy atom. The molecule has 0 unspecified atom stereocenters. The molecule has 3 heterocycles. The van der Waals surface area contributed by atoms with Crippen molar-refractivity contribution in [3.63, 3.8) is 0 Å². The fourth-order valence-corrected chi connectivity index (χ4v) is 4.60. The van der Waals surface area contributed by atoms with Crippen LogP contribution in [0.5, 0.6) is 0 Å². The summed E-state index contributed by atoms with van der Waals surface area (Å²) in [5.74, 6) is 0.943. The number of carbonyl (C=O) groups excluding carboxylic acids is 1. The third-order valence-electron chi connectivity index (χ3n) is 6.46. The first kappa shape index (κ1) is 23.9. The number of amides is 1. The molecule has 2 aromatic carbocycles. The molecule has 1 fully saturated rings. The molecule has 0 radical (unpaired) electrons. The maximum atomic E-state index is 13.3. The van der Waals surface area contributed by atoms with Gasteiger partial charge >= 0.3 is 0 Å². The minimum absolute atomic E-state index is 0.0897. The zero-order chi connectivity index (χ0) is 25.2. The Hall–Kier alpha value is -3.85. The third kappa shape index (κ3) is 4.66. The van der Waals surface area contributed by atoms with E-state index in [0.717, 1.165) is 41.2 Å². The van der Waals surface area contributed by atoms with E-state index in [9.17, 15) is 9.18 Å². The maximum Gasteiger partial charge on any atom is 0.253 e. The molecule has 186 valence electrons. The first-order chi connectivity index (χ1) is 17.4. The van der Waals surface area contributed by atoms with E-state index in [4.69, 9.17) is 19.8 Å². The Bertz CT molecular complexity index is 1380. The fourth-order valence-electron chi connectivity index (χ4n) is 4.60. The zero-order valence-corrected chi connectivity index (χ0v) is 20.7. The van der Waals surface area contributed by atoms with Gasteiger partial charge in [-0.15, -0.1) is 0 Å². The monoisotopic (exact) mass is 488 g/mol. The van der Waals surface area contributed by atoms with Crippen LogP contribution in [-0.2, 0) is 11.3 Å². The van der Waals surface area contributed by atoms with Gasteiger partial charge in [0.2, 0.25) is 0 Å². The summed E-state index contributed by atoms with van der Waals surface area (Å²) in [6.45, 7) is 6.81. The summed E-state index contributed by atoms with van der Waals surface area (Å²) in [5.41, 5.74) is 4.17. The van der Waals surface area contributed by atoms with Gasteiger partial charge in [-0.05, 0) is 56.7 Å². The molecule has 8 nitrogen and oxygen atoms in total. The number of benzene rings is 2. The molecule has 9 heteroatoms. The molecule has 36 heavy (non-hydrogen) atoms. The minimum atomic E-state index is -0.352. The number of rotatable bonds is 5. The van der Waals surface area contributed by atoms with E-state index < -0.39 is 0 Å². The highest BCUT2D eigenvalue weighted by Crippen LogP contribution is 2.30. The Kier molecular flexibility index (Phi) is 6.65. The Morgan fingerprint density at radius 1 is 0.972 bits per heavy atom. The van der Waals surface area contributed by atoms with Crippen LogP contribution in [-0.4, -0.2) is 63.8 Å². The molecule has 1 saturated heterocycles. The lowest BCUT2D eigenvalue weighted by Gasteiger charge is -2.24. The molecule has 1 amide bonds. The van der Waals surface area contributed by atoms with Gasteiger partial charge in [-0.1, -0.05) is 17.7 Å². The summed E-state index contributed by atoms with van der Waals surface area (Å²) in [7, 11) is 1.63. The number of hydrogen-bond donors (Lipinski definition) is 0. The normalized spacial score (nSPS) is 14.3. The van der Waals surface area contributed by atoms with Crippen LogP contribution in [0.15, 0.2) is 48.5 Å². The van der Waals surface area contributed by atoms with Crippen molar-refractivity contribution in [1.82, 2.24) is 24.6 Å². The van der Waals surface area contributed by atoms with Crippen LogP contribution in [0.2, 0.25) is 0 Å². The quantitative estimate of drug-likeness (QED) is 0.422. The molecule has 2 aromatic heterocycles. The summed E-state index contributed by atoms with van der Waals surface area (Å²) >= 11 is 0. The number of halogens is 1. The van der Waals surface area contributed by atoms with Crippen LogP contribution in [0.1, 0.15) is 33.9 Å². The van der Waals surface area contributed by atoms with E-state index in [1.807, 2.05) is 28.6 Å². The van der Waals surface area contributed by atoms with Crippen molar-refractivity contribution in [1.29, 1.82) is 0 Å². The van der Waals surface area contributed by atoms with Crippen LogP contribution in [0.4, 0.5) is 10.2 Å². The van der Waals surface area contributed by atoms with Crippen LogP contribution in [0.3, 0.4) is 0 Å². The van der Waals surface area contributed by atoms with E-state index in [1.54, 1.807) is 7.11 Å². The number of nitrogens with zero attached hydrogens (tertiary/aromatic N) is 6. The van der Waals surface area contributed by atoms with Crippen molar-refractivity contribution in [2.45, 2.75) is 26.9 Å². The molecule has 0 atom stereocenters. The van der Waals surface area contributed by atoms with Crippen molar-refractivity contribution in [3.8, 4) is 5.69 Å². The molecular formula is C27H29FN6O2. The van der Waals surface area contributed by atoms with E-state index in [2.05, 4.69) is 24.0 Å². The number of ether oxygens (including phenoxy) is 1. The molecule has 0 bridgehead atoms. The first-order valence-corrected chi connectivity index (χ1v) is 12.1. The molecule has 0 saturated carbocycles. The average Bonchev–Trinajstić information content (AvgIpc) is 3.04. The maximum absolute atomic E-state index is 13.3. The number of carbonyl (C=O) groups is 1. The Balaban J connectivity index is 1.49. The van der Waals surface area contributed by atoms with E-state index >= 15 is 0 Å². The van der Waals surface area contributed by atoms with Crippen molar-refractivity contribution < 1.29 is 13.9 Å². The van der Waals surface area contributed by atoms with Gasteiger partial charge in [0.15, 0.2) is 11.5 Å². The highest BCUT2D eigenvalue weighted by molar-refractivity contribution is 5.94. The van der Waals surface area contributed by atoms with E-state index in [1.165, 1.54) is 29.8 Å². The van der Waals surface area contributed by atoms with E-state index in [0.29, 0.717) is 31.0 Å². The standard InChI is InChI=1S/C27H29FN6O2/c1-18-5-11-22(12-6-18)34-26-24(19(2)31-34)25(29-23(30-26)17-36-3)32-13-4-14-33(16-15-32)27(35)20-7-9-21(28)10-8-20/h5-12H,4,13-17H2,1-3H3. The lowest BCUT2D eigenvalue weighted by atomic mass is 10.2. The summed E-state index contributed by atoms with van der Waals surface area (Å²) in [5, 5.41) is 5.71. The van der Waals surface area contributed by atoms with Crippen molar-refractivity contribution in [3.05, 3.63) is 77.0 Å². The van der Waals surface area contributed by atoms with Crippen LogP contribution in [0.25, 0.3) is 16.7 Å².